The zero-order valence-corrected chi connectivity index (χ0v) is 15.8. The quantitative estimate of drug-likeness (QED) is 0.695. The summed E-state index contributed by atoms with van der Waals surface area (Å²) in [6.07, 6.45) is 0.456. The highest BCUT2D eigenvalue weighted by atomic mass is 32.1. The Morgan fingerprint density at radius 1 is 1.19 bits per heavy atom. The van der Waals surface area contributed by atoms with Crippen molar-refractivity contribution in [1.29, 1.82) is 0 Å². The SMILES string of the molecule is Cc1nc(NCC(=O)NCCc2ccccc2F)c2c(C)c(C)sc2n1. The van der Waals surface area contributed by atoms with Gasteiger partial charge in [0.2, 0.25) is 5.91 Å². The number of thiophene rings is 1. The number of nitrogens with zero attached hydrogens (tertiary/aromatic N) is 2. The molecule has 0 saturated carbocycles. The molecule has 5 nitrogen and oxygen atoms in total. The van der Waals surface area contributed by atoms with Crippen LogP contribution in [0.5, 0.6) is 0 Å². The third-order valence-electron chi connectivity index (χ3n) is 4.23. The van der Waals surface area contributed by atoms with Gasteiger partial charge in [-0.1, -0.05) is 18.2 Å². The van der Waals surface area contributed by atoms with E-state index in [9.17, 15) is 9.18 Å². The van der Waals surface area contributed by atoms with E-state index < -0.39 is 0 Å². The molecule has 7 heteroatoms. The molecule has 136 valence electrons. The van der Waals surface area contributed by atoms with E-state index in [-0.39, 0.29) is 18.3 Å². The Hall–Kier alpha value is -2.54. The molecule has 1 amide bonds. The highest BCUT2D eigenvalue weighted by molar-refractivity contribution is 7.18. The summed E-state index contributed by atoms with van der Waals surface area (Å²) < 4.78 is 13.6. The summed E-state index contributed by atoms with van der Waals surface area (Å²) in [6.45, 7) is 6.42. The van der Waals surface area contributed by atoms with Gasteiger partial charge in [0.05, 0.1) is 11.9 Å². The maximum absolute atomic E-state index is 13.6. The lowest BCUT2D eigenvalue weighted by Gasteiger charge is -2.09. The van der Waals surface area contributed by atoms with Gasteiger partial charge in [-0.05, 0) is 44.4 Å². The van der Waals surface area contributed by atoms with Gasteiger partial charge in [-0.3, -0.25) is 4.79 Å². The second kappa shape index (κ2) is 7.78. The van der Waals surface area contributed by atoms with E-state index >= 15 is 0 Å². The summed E-state index contributed by atoms with van der Waals surface area (Å²) in [5.74, 6) is 0.942. The molecular weight excluding hydrogens is 351 g/mol. The number of carbonyl (C=O) groups is 1. The number of anilines is 1. The highest BCUT2D eigenvalue weighted by Crippen LogP contribution is 2.32. The normalized spacial score (nSPS) is 10.9. The van der Waals surface area contributed by atoms with E-state index in [1.54, 1.807) is 29.5 Å². The second-order valence-corrected chi connectivity index (χ2v) is 7.33. The third kappa shape index (κ3) is 3.99. The van der Waals surface area contributed by atoms with Crippen molar-refractivity contribution in [3.8, 4) is 0 Å². The summed E-state index contributed by atoms with van der Waals surface area (Å²) in [7, 11) is 0. The monoisotopic (exact) mass is 372 g/mol. The second-order valence-electron chi connectivity index (χ2n) is 6.13. The number of hydrogen-bond acceptors (Lipinski definition) is 5. The first-order valence-corrected chi connectivity index (χ1v) is 9.25. The van der Waals surface area contributed by atoms with Gasteiger partial charge >= 0.3 is 0 Å². The number of benzene rings is 1. The summed E-state index contributed by atoms with van der Waals surface area (Å²) >= 11 is 1.63. The van der Waals surface area contributed by atoms with Gasteiger partial charge in [0.1, 0.15) is 22.3 Å². The minimum absolute atomic E-state index is 0.108. The number of amides is 1. The first kappa shape index (κ1) is 18.3. The Bertz CT molecular complexity index is 954. The zero-order chi connectivity index (χ0) is 18.7. The van der Waals surface area contributed by atoms with Crippen molar-refractivity contribution < 1.29 is 9.18 Å². The predicted molar refractivity (Wildman–Crippen MR) is 103 cm³/mol. The minimum Gasteiger partial charge on any atom is -0.360 e. The number of nitrogens with one attached hydrogen (secondary N) is 2. The van der Waals surface area contributed by atoms with Crippen LogP contribution in [0.4, 0.5) is 10.2 Å². The molecule has 0 aliphatic heterocycles. The van der Waals surface area contributed by atoms with Crippen molar-refractivity contribution in [3.63, 3.8) is 0 Å². The van der Waals surface area contributed by atoms with Crippen LogP contribution < -0.4 is 10.6 Å². The van der Waals surface area contributed by atoms with Crippen molar-refractivity contribution >= 4 is 33.3 Å². The van der Waals surface area contributed by atoms with E-state index in [4.69, 9.17) is 0 Å². The Labute approximate surface area is 155 Å². The van der Waals surface area contributed by atoms with Crippen LogP contribution in [0.25, 0.3) is 10.2 Å². The first-order valence-electron chi connectivity index (χ1n) is 8.44. The molecule has 0 radical (unpaired) electrons. The van der Waals surface area contributed by atoms with Crippen molar-refractivity contribution in [2.75, 3.05) is 18.4 Å². The third-order valence-corrected chi connectivity index (χ3v) is 5.33. The molecule has 0 fully saturated rings. The van der Waals surface area contributed by atoms with Crippen LogP contribution >= 0.6 is 11.3 Å². The van der Waals surface area contributed by atoms with Gasteiger partial charge in [0.15, 0.2) is 0 Å². The number of aromatic nitrogens is 2. The Morgan fingerprint density at radius 2 is 1.96 bits per heavy atom. The molecule has 0 spiro atoms. The molecule has 1 aromatic carbocycles. The van der Waals surface area contributed by atoms with Crippen LogP contribution in [0.2, 0.25) is 0 Å². The van der Waals surface area contributed by atoms with Crippen molar-refractivity contribution in [2.24, 2.45) is 0 Å². The summed E-state index contributed by atoms with van der Waals surface area (Å²) in [5, 5.41) is 6.88. The van der Waals surface area contributed by atoms with E-state index in [0.29, 0.717) is 30.2 Å². The van der Waals surface area contributed by atoms with Gasteiger partial charge in [-0.2, -0.15) is 0 Å². The molecule has 0 bridgehead atoms. The molecule has 2 heterocycles. The van der Waals surface area contributed by atoms with Crippen molar-refractivity contribution in [3.05, 3.63) is 51.9 Å². The van der Waals surface area contributed by atoms with Crippen molar-refractivity contribution in [2.45, 2.75) is 27.2 Å². The lowest BCUT2D eigenvalue weighted by molar-refractivity contribution is -0.119. The Balaban J connectivity index is 1.60. The summed E-state index contributed by atoms with van der Waals surface area (Å²) in [4.78, 5) is 23.1. The fourth-order valence-electron chi connectivity index (χ4n) is 2.75. The van der Waals surface area contributed by atoms with E-state index in [1.165, 1.54) is 10.9 Å². The maximum atomic E-state index is 13.6. The molecule has 2 aromatic heterocycles. The van der Waals surface area contributed by atoms with E-state index in [0.717, 1.165) is 15.8 Å². The number of aryl methyl sites for hydroxylation is 3. The number of halogens is 1. The molecule has 26 heavy (non-hydrogen) atoms. The molecule has 0 aliphatic rings. The zero-order valence-electron chi connectivity index (χ0n) is 15.0. The number of hydrogen-bond donors (Lipinski definition) is 2. The maximum Gasteiger partial charge on any atom is 0.239 e. The smallest absolute Gasteiger partial charge is 0.239 e. The average molecular weight is 372 g/mol. The topological polar surface area (TPSA) is 66.9 Å². The Morgan fingerprint density at radius 3 is 2.73 bits per heavy atom. The number of rotatable bonds is 6. The van der Waals surface area contributed by atoms with Crippen LogP contribution in [0.3, 0.4) is 0 Å². The lowest BCUT2D eigenvalue weighted by Crippen LogP contribution is -2.31. The van der Waals surface area contributed by atoms with Gasteiger partial charge in [-0.15, -0.1) is 11.3 Å². The number of carbonyl (C=O) groups excluding carboxylic acids is 1. The van der Waals surface area contributed by atoms with Gasteiger partial charge in [-0.25, -0.2) is 14.4 Å². The lowest BCUT2D eigenvalue weighted by atomic mass is 10.1. The first-order chi connectivity index (χ1) is 12.5. The molecule has 0 aliphatic carbocycles. The van der Waals surface area contributed by atoms with Crippen LogP contribution in [0.15, 0.2) is 24.3 Å². The molecule has 2 N–H and O–H groups in total. The predicted octanol–water partition coefficient (Wildman–Crippen LogP) is 3.53. The van der Waals surface area contributed by atoms with Gasteiger partial charge in [0.25, 0.3) is 0 Å². The van der Waals surface area contributed by atoms with Crippen LogP contribution in [0, 0.1) is 26.6 Å². The van der Waals surface area contributed by atoms with Crippen molar-refractivity contribution in [1.82, 2.24) is 15.3 Å². The van der Waals surface area contributed by atoms with E-state index in [2.05, 4.69) is 27.5 Å². The van der Waals surface area contributed by atoms with Crippen LogP contribution in [0.1, 0.15) is 21.8 Å². The van der Waals surface area contributed by atoms with Gasteiger partial charge < -0.3 is 10.6 Å². The van der Waals surface area contributed by atoms with E-state index in [1.807, 2.05) is 13.8 Å². The summed E-state index contributed by atoms with van der Waals surface area (Å²) in [5.41, 5.74) is 1.73. The average Bonchev–Trinajstić information content (AvgIpc) is 2.88. The standard InChI is InChI=1S/C19H21FN4OS/c1-11-12(2)26-19-17(11)18(23-13(3)24-19)22-10-16(25)21-9-8-14-6-4-5-7-15(14)20/h4-7H,8-10H2,1-3H3,(H,21,25)(H,22,23,24). The largest absolute Gasteiger partial charge is 0.360 e. The molecule has 3 aromatic rings. The summed E-state index contributed by atoms with van der Waals surface area (Å²) in [6, 6.07) is 6.59. The molecular formula is C19H21FN4OS. The van der Waals surface area contributed by atoms with Crippen LogP contribution in [-0.4, -0.2) is 29.0 Å². The van der Waals surface area contributed by atoms with Crippen LogP contribution in [-0.2, 0) is 11.2 Å². The fraction of sp³-hybridized carbons (Fsp3) is 0.316. The highest BCUT2D eigenvalue weighted by Gasteiger charge is 2.14. The molecule has 0 atom stereocenters. The Kier molecular flexibility index (Phi) is 5.46. The minimum atomic E-state index is -0.248. The number of fused-ring (bicyclic) bond motifs is 1. The molecule has 3 rings (SSSR count). The van der Waals surface area contributed by atoms with Gasteiger partial charge in [0, 0.05) is 11.4 Å². The fourth-order valence-corrected chi connectivity index (χ4v) is 3.82. The molecule has 0 unspecified atom stereocenters. The molecule has 0 saturated heterocycles.